The van der Waals surface area contributed by atoms with Crippen LogP contribution >= 0.6 is 0 Å². The van der Waals surface area contributed by atoms with Crippen LogP contribution < -0.4 is 4.90 Å². The van der Waals surface area contributed by atoms with Crippen LogP contribution in [0.3, 0.4) is 0 Å². The second-order valence-electron chi connectivity index (χ2n) is 6.39. The lowest BCUT2D eigenvalue weighted by Crippen LogP contribution is -2.48. The van der Waals surface area contributed by atoms with Gasteiger partial charge in [-0.1, -0.05) is 0 Å². The molecule has 142 valence electrons. The molecule has 1 aliphatic heterocycles. The first kappa shape index (κ1) is 17.7. The van der Waals surface area contributed by atoms with Crippen LogP contribution in [0.2, 0.25) is 0 Å². The first-order valence-electron chi connectivity index (χ1n) is 8.51. The van der Waals surface area contributed by atoms with Crippen LogP contribution in [0.25, 0.3) is 17.0 Å². The molecule has 4 rings (SSSR count). The predicted octanol–water partition coefficient (Wildman–Crippen LogP) is 1.71. The Morgan fingerprint density at radius 1 is 1.26 bits per heavy atom. The number of halogens is 2. The summed E-state index contributed by atoms with van der Waals surface area (Å²) in [5, 5.41) is 13.4. The summed E-state index contributed by atoms with van der Waals surface area (Å²) >= 11 is 0. The number of aliphatic hydroxyl groups is 1. The maximum absolute atomic E-state index is 13.0. The summed E-state index contributed by atoms with van der Waals surface area (Å²) in [6.45, 7) is 2.97. The number of ether oxygens (including phenoxy) is 1. The van der Waals surface area contributed by atoms with E-state index in [0.717, 1.165) is 0 Å². The van der Waals surface area contributed by atoms with Crippen LogP contribution in [0.15, 0.2) is 30.7 Å². The molecule has 8 nitrogen and oxygen atoms in total. The van der Waals surface area contributed by atoms with Crippen LogP contribution in [-0.4, -0.2) is 61.6 Å². The largest absolute Gasteiger partial charge is 0.394 e. The number of aromatic nitrogens is 5. The van der Waals surface area contributed by atoms with E-state index in [-0.39, 0.29) is 24.5 Å². The third-order valence-electron chi connectivity index (χ3n) is 4.38. The molecule has 2 atom stereocenters. The van der Waals surface area contributed by atoms with E-state index < -0.39 is 6.43 Å². The van der Waals surface area contributed by atoms with Crippen LogP contribution in [-0.2, 0) is 4.74 Å². The standard InChI is InChI=1S/C17H18F2N6O2/c1-10-6-24(7-11(8-26)27-10)16-4-13(21-9-22-16)14-5-20-15-3-2-12(17(18)19)23-25(14)15/h2-5,9-11,17,26H,6-8H2,1H3/t10-,11-/m1/s1. The smallest absolute Gasteiger partial charge is 0.282 e. The maximum Gasteiger partial charge on any atom is 0.282 e. The van der Waals surface area contributed by atoms with Gasteiger partial charge in [0.2, 0.25) is 0 Å². The zero-order chi connectivity index (χ0) is 19.0. The summed E-state index contributed by atoms with van der Waals surface area (Å²) in [5.41, 5.74) is 1.14. The molecule has 0 bridgehead atoms. The lowest BCUT2D eigenvalue weighted by Gasteiger charge is -2.36. The second-order valence-corrected chi connectivity index (χ2v) is 6.39. The molecule has 1 saturated heterocycles. The average molecular weight is 376 g/mol. The molecule has 3 aromatic rings. The van der Waals surface area contributed by atoms with E-state index in [1.807, 2.05) is 11.8 Å². The van der Waals surface area contributed by atoms with Gasteiger partial charge in [0.1, 0.15) is 23.5 Å². The van der Waals surface area contributed by atoms with Crippen LogP contribution in [0, 0.1) is 0 Å². The SMILES string of the molecule is C[C@@H]1CN(c2cc(-c3cnc4ccc(C(F)F)nn34)ncn2)C[C@H](CO)O1. The van der Waals surface area contributed by atoms with E-state index in [1.165, 1.54) is 23.0 Å². The molecule has 3 aromatic heterocycles. The third-order valence-corrected chi connectivity index (χ3v) is 4.38. The summed E-state index contributed by atoms with van der Waals surface area (Å²) < 4.78 is 33.0. The molecule has 0 radical (unpaired) electrons. The zero-order valence-electron chi connectivity index (χ0n) is 14.5. The van der Waals surface area contributed by atoms with E-state index in [2.05, 4.69) is 20.1 Å². The monoisotopic (exact) mass is 376 g/mol. The minimum absolute atomic E-state index is 0.0552. The molecule has 27 heavy (non-hydrogen) atoms. The number of morpholine rings is 1. The Balaban J connectivity index is 1.70. The number of alkyl halides is 2. The third kappa shape index (κ3) is 3.45. The van der Waals surface area contributed by atoms with Crippen LogP contribution in [0.5, 0.6) is 0 Å². The Bertz CT molecular complexity index is 950. The molecule has 1 N–H and O–H groups in total. The van der Waals surface area contributed by atoms with Gasteiger partial charge in [-0.15, -0.1) is 0 Å². The lowest BCUT2D eigenvalue weighted by atomic mass is 10.2. The van der Waals surface area contributed by atoms with E-state index >= 15 is 0 Å². The normalized spacial score (nSPS) is 20.6. The molecular formula is C17H18F2N6O2. The Morgan fingerprint density at radius 2 is 2.11 bits per heavy atom. The minimum atomic E-state index is -2.67. The first-order chi connectivity index (χ1) is 13.0. The summed E-state index contributed by atoms with van der Waals surface area (Å²) in [4.78, 5) is 14.8. The molecular weight excluding hydrogens is 358 g/mol. The number of rotatable bonds is 4. The fourth-order valence-electron chi connectivity index (χ4n) is 3.17. The van der Waals surface area contributed by atoms with Crippen molar-refractivity contribution in [1.29, 1.82) is 0 Å². The molecule has 0 amide bonds. The van der Waals surface area contributed by atoms with Crippen molar-refractivity contribution < 1.29 is 18.6 Å². The van der Waals surface area contributed by atoms with Crippen molar-refractivity contribution in [3.63, 3.8) is 0 Å². The van der Waals surface area contributed by atoms with Crippen molar-refractivity contribution >= 4 is 11.5 Å². The Kier molecular flexibility index (Phi) is 4.66. The number of hydrogen-bond donors (Lipinski definition) is 1. The predicted molar refractivity (Wildman–Crippen MR) is 92.6 cm³/mol. The Hall–Kier alpha value is -2.72. The van der Waals surface area contributed by atoms with Gasteiger partial charge in [-0.05, 0) is 19.1 Å². The molecule has 0 spiro atoms. The van der Waals surface area contributed by atoms with E-state index in [9.17, 15) is 13.9 Å². The second kappa shape index (κ2) is 7.12. The fourth-order valence-corrected chi connectivity index (χ4v) is 3.17. The van der Waals surface area contributed by atoms with Crippen molar-refractivity contribution in [2.45, 2.75) is 25.6 Å². The van der Waals surface area contributed by atoms with Crippen molar-refractivity contribution in [1.82, 2.24) is 24.6 Å². The quantitative estimate of drug-likeness (QED) is 0.741. The van der Waals surface area contributed by atoms with Gasteiger partial charge in [-0.3, -0.25) is 0 Å². The average Bonchev–Trinajstić information content (AvgIpc) is 3.10. The van der Waals surface area contributed by atoms with Gasteiger partial charge < -0.3 is 14.7 Å². The van der Waals surface area contributed by atoms with E-state index in [0.29, 0.717) is 35.9 Å². The molecule has 1 aliphatic rings. The molecule has 0 aromatic carbocycles. The van der Waals surface area contributed by atoms with Crippen LogP contribution in [0.4, 0.5) is 14.6 Å². The number of nitrogens with zero attached hydrogens (tertiary/aromatic N) is 6. The molecule has 1 fully saturated rings. The van der Waals surface area contributed by atoms with Crippen molar-refractivity contribution in [3.05, 3.63) is 36.4 Å². The van der Waals surface area contributed by atoms with Crippen molar-refractivity contribution in [2.75, 3.05) is 24.6 Å². The molecule has 0 saturated carbocycles. The topological polar surface area (TPSA) is 88.7 Å². The minimum Gasteiger partial charge on any atom is -0.394 e. The van der Waals surface area contributed by atoms with Gasteiger partial charge in [-0.2, -0.15) is 5.10 Å². The van der Waals surface area contributed by atoms with Gasteiger partial charge in [0.25, 0.3) is 6.43 Å². The first-order valence-corrected chi connectivity index (χ1v) is 8.51. The summed E-state index contributed by atoms with van der Waals surface area (Å²) in [5.74, 6) is 0.661. The summed E-state index contributed by atoms with van der Waals surface area (Å²) in [6, 6.07) is 4.51. The van der Waals surface area contributed by atoms with E-state index in [4.69, 9.17) is 4.74 Å². The highest BCUT2D eigenvalue weighted by molar-refractivity contribution is 5.62. The van der Waals surface area contributed by atoms with Crippen molar-refractivity contribution in [2.24, 2.45) is 0 Å². The van der Waals surface area contributed by atoms with Gasteiger partial charge >= 0.3 is 0 Å². The van der Waals surface area contributed by atoms with Gasteiger partial charge in [-0.25, -0.2) is 28.2 Å². The molecule has 0 aliphatic carbocycles. The molecule has 4 heterocycles. The highest BCUT2D eigenvalue weighted by Crippen LogP contribution is 2.25. The number of aliphatic hydroxyl groups excluding tert-OH is 1. The highest BCUT2D eigenvalue weighted by Gasteiger charge is 2.26. The van der Waals surface area contributed by atoms with Gasteiger partial charge in [0.15, 0.2) is 5.65 Å². The van der Waals surface area contributed by atoms with Crippen molar-refractivity contribution in [3.8, 4) is 11.4 Å². The molecule has 0 unspecified atom stereocenters. The number of fused-ring (bicyclic) bond motifs is 1. The van der Waals surface area contributed by atoms with Gasteiger partial charge in [0.05, 0.1) is 30.7 Å². The number of hydrogen-bond acceptors (Lipinski definition) is 7. The summed E-state index contributed by atoms with van der Waals surface area (Å²) in [7, 11) is 0. The van der Waals surface area contributed by atoms with E-state index in [1.54, 1.807) is 12.3 Å². The number of anilines is 1. The number of imidazole rings is 1. The lowest BCUT2D eigenvalue weighted by molar-refractivity contribution is -0.0423. The zero-order valence-corrected chi connectivity index (χ0v) is 14.5. The fraction of sp³-hybridized carbons (Fsp3) is 0.412. The Morgan fingerprint density at radius 3 is 2.89 bits per heavy atom. The maximum atomic E-state index is 13.0. The molecule has 10 heteroatoms. The highest BCUT2D eigenvalue weighted by atomic mass is 19.3. The summed E-state index contributed by atoms with van der Waals surface area (Å²) in [6.07, 6.45) is -0.0634. The van der Waals surface area contributed by atoms with Crippen LogP contribution in [0.1, 0.15) is 19.0 Å². The Labute approximate surface area is 153 Å². The van der Waals surface area contributed by atoms with Gasteiger partial charge in [0, 0.05) is 19.2 Å².